The van der Waals surface area contributed by atoms with Gasteiger partial charge in [0.1, 0.15) is 5.75 Å². The number of aliphatic hydroxyl groups is 1. The van der Waals surface area contributed by atoms with Crippen molar-refractivity contribution in [3.05, 3.63) is 64.7 Å². The highest BCUT2D eigenvalue weighted by atomic mass is 35.5. The first-order valence-electron chi connectivity index (χ1n) is 8.45. The van der Waals surface area contributed by atoms with Crippen molar-refractivity contribution in [1.82, 2.24) is 5.32 Å². The zero-order chi connectivity index (χ0) is 21.1. The van der Waals surface area contributed by atoms with Crippen molar-refractivity contribution in [2.24, 2.45) is 5.16 Å². The minimum Gasteiger partial charge on any atom is -0.484 e. The van der Waals surface area contributed by atoms with E-state index in [4.69, 9.17) is 16.3 Å². The molecule has 154 valence electrons. The number of carbonyl (C=O) groups excluding carboxylic acids is 1. The van der Waals surface area contributed by atoms with Crippen molar-refractivity contribution in [1.29, 1.82) is 0 Å². The molecule has 0 saturated carbocycles. The van der Waals surface area contributed by atoms with Gasteiger partial charge in [0.05, 0.1) is 12.1 Å². The van der Waals surface area contributed by atoms with Gasteiger partial charge in [0.15, 0.2) is 6.61 Å². The molecule has 0 aromatic heterocycles. The lowest BCUT2D eigenvalue weighted by molar-refractivity contribution is -0.355. The fourth-order valence-corrected chi connectivity index (χ4v) is 2.65. The largest absolute Gasteiger partial charge is 0.484 e. The third-order valence-corrected chi connectivity index (χ3v) is 4.34. The Morgan fingerprint density at radius 3 is 2.66 bits per heavy atom. The molecule has 3 rings (SSSR count). The Morgan fingerprint density at radius 2 is 2.00 bits per heavy atom. The molecule has 29 heavy (non-hydrogen) atoms. The van der Waals surface area contributed by atoms with Crippen molar-refractivity contribution in [2.75, 3.05) is 6.61 Å². The molecule has 2 aromatic rings. The number of hydrogen-bond donors (Lipinski definition) is 2. The average molecular weight is 429 g/mol. The van der Waals surface area contributed by atoms with Gasteiger partial charge in [-0.3, -0.25) is 4.79 Å². The highest BCUT2D eigenvalue weighted by Gasteiger charge is 2.60. The lowest BCUT2D eigenvalue weighted by Gasteiger charge is -2.22. The number of hydrogen-bond acceptors (Lipinski definition) is 5. The Bertz CT molecular complexity index is 918. The van der Waals surface area contributed by atoms with Crippen LogP contribution in [0.3, 0.4) is 0 Å². The molecule has 1 aliphatic heterocycles. The van der Waals surface area contributed by atoms with Crippen LogP contribution in [0, 0.1) is 0 Å². The van der Waals surface area contributed by atoms with Gasteiger partial charge in [-0.2, -0.15) is 13.2 Å². The van der Waals surface area contributed by atoms with Crippen molar-refractivity contribution < 1.29 is 32.6 Å². The summed E-state index contributed by atoms with van der Waals surface area (Å²) < 4.78 is 43.8. The number of nitrogens with zero attached hydrogens (tertiary/aromatic N) is 1. The number of amides is 1. The summed E-state index contributed by atoms with van der Waals surface area (Å²) in [4.78, 5) is 16.1. The normalized spacial score (nSPS) is 18.7. The van der Waals surface area contributed by atoms with E-state index in [9.17, 15) is 23.1 Å². The molecule has 10 heteroatoms. The second-order valence-corrected chi connectivity index (χ2v) is 6.74. The zero-order valence-corrected chi connectivity index (χ0v) is 15.6. The summed E-state index contributed by atoms with van der Waals surface area (Å²) in [6, 6.07) is 12.9. The van der Waals surface area contributed by atoms with Crippen molar-refractivity contribution in [3.63, 3.8) is 0 Å². The highest BCUT2D eigenvalue weighted by molar-refractivity contribution is 6.30. The zero-order valence-electron chi connectivity index (χ0n) is 14.9. The number of carbonyl (C=O) groups is 1. The van der Waals surface area contributed by atoms with E-state index in [2.05, 4.69) is 15.3 Å². The van der Waals surface area contributed by atoms with Gasteiger partial charge in [0.2, 0.25) is 0 Å². The van der Waals surface area contributed by atoms with Gasteiger partial charge in [-0.05, 0) is 41.5 Å². The third-order valence-electron chi connectivity index (χ3n) is 4.09. The van der Waals surface area contributed by atoms with Crippen LogP contribution in [0.15, 0.2) is 53.7 Å². The maximum atomic E-state index is 12.8. The van der Waals surface area contributed by atoms with Gasteiger partial charge in [-0.15, -0.1) is 0 Å². The summed E-state index contributed by atoms with van der Waals surface area (Å²) in [7, 11) is 0. The Labute approximate surface area is 168 Å². The van der Waals surface area contributed by atoms with Crippen molar-refractivity contribution in [3.8, 4) is 5.75 Å². The molecule has 0 bridgehead atoms. The lowest BCUT2D eigenvalue weighted by Crippen LogP contribution is -2.45. The predicted molar refractivity (Wildman–Crippen MR) is 98.5 cm³/mol. The van der Waals surface area contributed by atoms with E-state index < -0.39 is 18.4 Å². The van der Waals surface area contributed by atoms with Gasteiger partial charge in [-0.25, -0.2) is 0 Å². The maximum Gasteiger partial charge on any atom is 0.458 e. The van der Waals surface area contributed by atoms with Crippen LogP contribution in [0.5, 0.6) is 5.75 Å². The Balaban J connectivity index is 1.54. The molecule has 0 saturated heterocycles. The Morgan fingerprint density at radius 1 is 1.28 bits per heavy atom. The molecule has 1 amide bonds. The second-order valence-electron chi connectivity index (χ2n) is 6.31. The Hall–Kier alpha value is -2.78. The molecular weight excluding hydrogens is 413 g/mol. The molecule has 6 nitrogen and oxygen atoms in total. The van der Waals surface area contributed by atoms with E-state index in [1.165, 1.54) is 0 Å². The minimum atomic E-state index is -4.96. The molecule has 1 unspecified atom stereocenters. The van der Waals surface area contributed by atoms with E-state index >= 15 is 0 Å². The van der Waals surface area contributed by atoms with E-state index in [0.29, 0.717) is 21.9 Å². The maximum absolute atomic E-state index is 12.8. The van der Waals surface area contributed by atoms with Crippen LogP contribution in [-0.4, -0.2) is 35.3 Å². The van der Waals surface area contributed by atoms with E-state index in [-0.39, 0.29) is 24.8 Å². The molecule has 2 aromatic carbocycles. The summed E-state index contributed by atoms with van der Waals surface area (Å²) >= 11 is 5.77. The number of alkyl halides is 3. The fourth-order valence-electron chi connectivity index (χ4n) is 2.52. The first-order valence-corrected chi connectivity index (χ1v) is 8.83. The van der Waals surface area contributed by atoms with Crippen molar-refractivity contribution >= 4 is 23.2 Å². The van der Waals surface area contributed by atoms with Crippen LogP contribution in [0.2, 0.25) is 5.02 Å². The van der Waals surface area contributed by atoms with Gasteiger partial charge >= 0.3 is 12.0 Å². The van der Waals surface area contributed by atoms with E-state index in [1.807, 2.05) is 0 Å². The summed E-state index contributed by atoms with van der Waals surface area (Å²) in [5, 5.41) is 16.1. The minimum absolute atomic E-state index is 0.0379. The first kappa shape index (κ1) is 20.9. The van der Waals surface area contributed by atoms with E-state index in [0.717, 1.165) is 0 Å². The smallest absolute Gasteiger partial charge is 0.458 e. The number of ether oxygens (including phenoxy) is 1. The van der Waals surface area contributed by atoms with E-state index in [1.54, 1.807) is 48.5 Å². The molecule has 0 spiro atoms. The monoisotopic (exact) mass is 428 g/mol. The molecule has 1 heterocycles. The number of nitrogens with one attached hydrogen (secondary N) is 1. The van der Waals surface area contributed by atoms with Gasteiger partial charge < -0.3 is 20.0 Å². The average Bonchev–Trinajstić information content (AvgIpc) is 3.10. The number of oxime groups is 1. The quantitative estimate of drug-likeness (QED) is 0.739. The predicted octanol–water partition coefficient (Wildman–Crippen LogP) is 3.41. The molecular formula is C19H16ClF3N2O4. The number of benzene rings is 2. The molecule has 0 aliphatic carbocycles. The summed E-state index contributed by atoms with van der Waals surface area (Å²) in [5.41, 5.74) is 0.950. The van der Waals surface area contributed by atoms with Crippen molar-refractivity contribution in [2.45, 2.75) is 24.9 Å². The molecule has 2 N–H and O–H groups in total. The SMILES string of the molecule is O=C(COc1ccc(Cl)cc1)NCc1cccc(C2=NOC(O)(C(F)(F)F)C2)c1. The summed E-state index contributed by atoms with van der Waals surface area (Å²) in [6.45, 7) is -0.0746. The molecule has 1 aliphatic rings. The number of rotatable bonds is 6. The van der Waals surface area contributed by atoms with Crippen LogP contribution < -0.4 is 10.1 Å². The van der Waals surface area contributed by atoms with Gasteiger partial charge in [0.25, 0.3) is 5.91 Å². The van der Waals surface area contributed by atoms with Crippen LogP contribution in [-0.2, 0) is 16.2 Å². The fraction of sp³-hybridized carbons (Fsp3) is 0.263. The molecule has 0 fully saturated rings. The standard InChI is InChI=1S/C19H16ClF3N2O4/c20-14-4-6-15(7-5-14)28-11-17(26)24-10-12-2-1-3-13(8-12)16-9-18(27,29-25-16)19(21,22)23/h1-8,27H,9-11H2,(H,24,26). The topological polar surface area (TPSA) is 80.2 Å². The van der Waals surface area contributed by atoms with Crippen LogP contribution in [0.1, 0.15) is 17.5 Å². The highest BCUT2D eigenvalue weighted by Crippen LogP contribution is 2.38. The second kappa shape index (κ2) is 8.30. The lowest BCUT2D eigenvalue weighted by atomic mass is 10.0. The summed E-state index contributed by atoms with van der Waals surface area (Å²) in [5.74, 6) is -3.22. The number of halogens is 4. The third kappa shape index (κ3) is 5.18. The van der Waals surface area contributed by atoms with Crippen LogP contribution in [0.25, 0.3) is 0 Å². The molecule has 1 atom stereocenters. The van der Waals surface area contributed by atoms with Crippen LogP contribution >= 0.6 is 11.6 Å². The Kier molecular flexibility index (Phi) is 5.99. The molecule has 0 radical (unpaired) electrons. The first-order chi connectivity index (χ1) is 13.7. The van der Waals surface area contributed by atoms with Crippen LogP contribution in [0.4, 0.5) is 13.2 Å². The summed E-state index contributed by atoms with van der Waals surface area (Å²) in [6.07, 6.45) is -5.78. The van der Waals surface area contributed by atoms with Gasteiger partial charge in [-0.1, -0.05) is 35.0 Å². The van der Waals surface area contributed by atoms with Gasteiger partial charge in [0, 0.05) is 11.6 Å².